The highest BCUT2D eigenvalue weighted by Crippen LogP contribution is 2.41. The molecule has 2 heterocycles. The number of furan rings is 1. The van der Waals surface area contributed by atoms with Gasteiger partial charge in [-0.3, -0.25) is 0 Å². The van der Waals surface area contributed by atoms with Gasteiger partial charge in [0.15, 0.2) is 5.58 Å². The average Bonchev–Trinajstić information content (AvgIpc) is 3.77. The maximum Gasteiger partial charge on any atom is 0.227 e. The maximum atomic E-state index is 6.25. The van der Waals surface area contributed by atoms with Crippen molar-refractivity contribution in [3.05, 3.63) is 170 Å². The van der Waals surface area contributed by atoms with Crippen molar-refractivity contribution in [2.45, 2.75) is 0 Å². The number of hydrogen-bond donors (Lipinski definition) is 0. The van der Waals surface area contributed by atoms with Crippen molar-refractivity contribution in [3.8, 4) is 22.6 Å². The zero-order chi connectivity index (χ0) is 32.3. The van der Waals surface area contributed by atoms with Crippen molar-refractivity contribution in [2.75, 3.05) is 4.90 Å². The third kappa shape index (κ3) is 4.57. The summed E-state index contributed by atoms with van der Waals surface area (Å²) >= 11 is 0. The first-order valence-electron chi connectivity index (χ1n) is 16.5. The molecule has 0 atom stereocenters. The van der Waals surface area contributed by atoms with Gasteiger partial charge in [-0.1, -0.05) is 97.1 Å². The average molecular weight is 629 g/mol. The van der Waals surface area contributed by atoms with Crippen LogP contribution >= 0.6 is 0 Å². The number of aromatic nitrogens is 1. The SMILES string of the molecule is c1ccc(-c2nc3c(ccc4ccc5cc(N(c6ccccc6)c6cccc(-c7ccc8oc9ccccc9c8c7)c6)ccc5c43)o2)cc1. The Balaban J connectivity index is 1.11. The molecule has 4 nitrogen and oxygen atoms in total. The van der Waals surface area contributed by atoms with Gasteiger partial charge in [0.25, 0.3) is 0 Å². The van der Waals surface area contributed by atoms with E-state index >= 15 is 0 Å². The molecule has 0 aliphatic carbocycles. The lowest BCUT2D eigenvalue weighted by molar-refractivity contribution is 0.620. The molecule has 0 unspecified atom stereocenters. The van der Waals surface area contributed by atoms with E-state index in [0.29, 0.717) is 5.89 Å². The van der Waals surface area contributed by atoms with Crippen LogP contribution < -0.4 is 4.90 Å². The first-order valence-corrected chi connectivity index (χ1v) is 16.5. The molecule has 0 aliphatic rings. The van der Waals surface area contributed by atoms with Crippen molar-refractivity contribution < 1.29 is 8.83 Å². The minimum atomic E-state index is 0.631. The molecular formula is C45H28N2O2. The quantitative estimate of drug-likeness (QED) is 0.178. The molecule has 49 heavy (non-hydrogen) atoms. The van der Waals surface area contributed by atoms with Crippen LogP contribution in [0, 0.1) is 0 Å². The number of rotatable bonds is 5. The number of fused-ring (bicyclic) bond motifs is 8. The van der Waals surface area contributed by atoms with Gasteiger partial charge in [-0.2, -0.15) is 0 Å². The molecule has 0 amide bonds. The monoisotopic (exact) mass is 628 g/mol. The molecule has 10 aromatic rings. The van der Waals surface area contributed by atoms with Gasteiger partial charge in [0.2, 0.25) is 5.89 Å². The molecule has 0 fully saturated rings. The Bertz CT molecular complexity index is 2830. The predicted molar refractivity (Wildman–Crippen MR) is 202 cm³/mol. The number of para-hydroxylation sites is 2. The fourth-order valence-corrected chi connectivity index (χ4v) is 7.12. The summed E-state index contributed by atoms with van der Waals surface area (Å²) in [5.41, 5.74) is 9.95. The van der Waals surface area contributed by atoms with E-state index in [-0.39, 0.29) is 0 Å². The molecule has 0 spiro atoms. The van der Waals surface area contributed by atoms with E-state index in [1.807, 2.05) is 48.5 Å². The van der Waals surface area contributed by atoms with Crippen LogP contribution in [0.25, 0.3) is 77.2 Å². The van der Waals surface area contributed by atoms with Gasteiger partial charge in [-0.05, 0) is 100 Å². The molecule has 8 aromatic carbocycles. The van der Waals surface area contributed by atoms with E-state index in [0.717, 1.165) is 88.3 Å². The molecule has 0 saturated heterocycles. The largest absolute Gasteiger partial charge is 0.456 e. The lowest BCUT2D eigenvalue weighted by atomic mass is 9.99. The summed E-state index contributed by atoms with van der Waals surface area (Å²) in [6.45, 7) is 0. The van der Waals surface area contributed by atoms with Crippen LogP contribution in [-0.2, 0) is 0 Å². The van der Waals surface area contributed by atoms with Gasteiger partial charge >= 0.3 is 0 Å². The van der Waals surface area contributed by atoms with E-state index in [4.69, 9.17) is 13.8 Å². The summed E-state index contributed by atoms with van der Waals surface area (Å²) in [5, 5.41) is 6.76. The normalized spacial score (nSPS) is 11.7. The number of oxazole rings is 1. The molecule has 0 N–H and O–H groups in total. The second-order valence-corrected chi connectivity index (χ2v) is 12.4. The number of nitrogens with zero attached hydrogens (tertiary/aromatic N) is 2. The Morgan fingerprint density at radius 1 is 0.388 bits per heavy atom. The molecular weight excluding hydrogens is 601 g/mol. The zero-order valence-electron chi connectivity index (χ0n) is 26.4. The third-order valence-corrected chi connectivity index (χ3v) is 9.45. The molecule has 0 saturated carbocycles. The summed E-state index contributed by atoms with van der Waals surface area (Å²) in [4.78, 5) is 7.32. The minimum Gasteiger partial charge on any atom is -0.456 e. The number of anilines is 3. The van der Waals surface area contributed by atoms with Gasteiger partial charge in [-0.25, -0.2) is 4.98 Å². The first-order chi connectivity index (χ1) is 24.3. The van der Waals surface area contributed by atoms with E-state index in [1.165, 1.54) is 0 Å². The highest BCUT2D eigenvalue weighted by Gasteiger charge is 2.17. The van der Waals surface area contributed by atoms with Crippen molar-refractivity contribution in [1.29, 1.82) is 0 Å². The van der Waals surface area contributed by atoms with Crippen molar-refractivity contribution >= 4 is 71.6 Å². The van der Waals surface area contributed by atoms with Crippen LogP contribution in [0.3, 0.4) is 0 Å². The van der Waals surface area contributed by atoms with Gasteiger partial charge in [0, 0.05) is 38.8 Å². The van der Waals surface area contributed by atoms with Crippen molar-refractivity contribution in [3.63, 3.8) is 0 Å². The van der Waals surface area contributed by atoms with E-state index in [2.05, 4.69) is 126 Å². The molecule has 0 aliphatic heterocycles. The Morgan fingerprint density at radius 3 is 1.96 bits per heavy atom. The summed E-state index contributed by atoms with van der Waals surface area (Å²) in [6.07, 6.45) is 0. The topological polar surface area (TPSA) is 42.4 Å². The summed E-state index contributed by atoms with van der Waals surface area (Å²) in [7, 11) is 0. The van der Waals surface area contributed by atoms with Crippen LogP contribution in [0.5, 0.6) is 0 Å². The Kier molecular flexibility index (Phi) is 6.15. The van der Waals surface area contributed by atoms with Gasteiger partial charge < -0.3 is 13.7 Å². The highest BCUT2D eigenvalue weighted by atomic mass is 16.3. The minimum absolute atomic E-state index is 0.631. The molecule has 2 aromatic heterocycles. The lowest BCUT2D eigenvalue weighted by Crippen LogP contribution is -2.09. The number of hydrogen-bond acceptors (Lipinski definition) is 4. The molecule has 10 rings (SSSR count). The second kappa shape index (κ2) is 11.0. The zero-order valence-corrected chi connectivity index (χ0v) is 26.4. The van der Waals surface area contributed by atoms with Crippen LogP contribution in [0.2, 0.25) is 0 Å². The Labute approximate surface area is 282 Å². The Morgan fingerprint density at radius 2 is 1.06 bits per heavy atom. The van der Waals surface area contributed by atoms with Crippen molar-refractivity contribution in [2.24, 2.45) is 0 Å². The van der Waals surface area contributed by atoms with E-state index in [9.17, 15) is 0 Å². The summed E-state index contributed by atoms with van der Waals surface area (Å²) < 4.78 is 12.4. The van der Waals surface area contributed by atoms with Gasteiger partial charge in [0.1, 0.15) is 16.7 Å². The van der Waals surface area contributed by atoms with Crippen molar-refractivity contribution in [1.82, 2.24) is 4.98 Å². The van der Waals surface area contributed by atoms with E-state index in [1.54, 1.807) is 0 Å². The Hall–Kier alpha value is -6.65. The highest BCUT2D eigenvalue weighted by molar-refractivity contribution is 6.19. The maximum absolute atomic E-state index is 6.25. The number of benzene rings is 8. The van der Waals surface area contributed by atoms with Gasteiger partial charge in [0.05, 0.1) is 0 Å². The van der Waals surface area contributed by atoms with Crippen LogP contribution in [0.1, 0.15) is 0 Å². The first kappa shape index (κ1) is 27.5. The second-order valence-electron chi connectivity index (χ2n) is 12.4. The summed E-state index contributed by atoms with van der Waals surface area (Å²) in [5.74, 6) is 0.631. The molecule has 4 heteroatoms. The third-order valence-electron chi connectivity index (χ3n) is 9.45. The van der Waals surface area contributed by atoms with Crippen LogP contribution in [-0.4, -0.2) is 4.98 Å². The van der Waals surface area contributed by atoms with Crippen LogP contribution in [0.4, 0.5) is 17.1 Å². The van der Waals surface area contributed by atoms with Gasteiger partial charge in [-0.15, -0.1) is 0 Å². The molecule has 230 valence electrons. The standard InChI is InChI=1S/C45H28N2O2/c1-3-10-30(11-4-1)45-46-44-42(49-45)25-20-29-18-19-33-27-36(22-23-37(33)43(29)44)47(34-13-5-2-6-14-34)35-15-9-12-31(26-35)32-21-24-41-39(28-32)38-16-7-8-17-40(38)48-41/h1-28H. The molecule has 0 radical (unpaired) electrons. The predicted octanol–water partition coefficient (Wildman–Crippen LogP) is 12.8. The fourth-order valence-electron chi connectivity index (χ4n) is 7.12. The fraction of sp³-hybridized carbons (Fsp3) is 0. The van der Waals surface area contributed by atoms with Crippen LogP contribution in [0.15, 0.2) is 179 Å². The van der Waals surface area contributed by atoms with E-state index < -0.39 is 0 Å². The summed E-state index contributed by atoms with van der Waals surface area (Å²) in [6, 6.07) is 59.3. The molecule has 0 bridgehead atoms. The smallest absolute Gasteiger partial charge is 0.227 e. The lowest BCUT2D eigenvalue weighted by Gasteiger charge is -2.26.